The maximum absolute atomic E-state index is 14.1. The van der Waals surface area contributed by atoms with Crippen molar-refractivity contribution in [2.24, 2.45) is 5.73 Å². The SMILES string of the molecule is CC(=O)N[C@@H](Cc1ccccc1F)C(=O)N[C@@H](Cc1ccc(-c2ccccc2)cc1)C(N)=O. The molecule has 0 aliphatic carbocycles. The first-order valence-electron chi connectivity index (χ1n) is 10.6. The highest BCUT2D eigenvalue weighted by Gasteiger charge is 2.26. The molecule has 6 nitrogen and oxygen atoms in total. The van der Waals surface area contributed by atoms with E-state index in [1.54, 1.807) is 12.1 Å². The second-order valence-corrected chi connectivity index (χ2v) is 7.78. The monoisotopic (exact) mass is 447 g/mol. The Hall–Kier alpha value is -4.00. The van der Waals surface area contributed by atoms with Gasteiger partial charge in [-0.3, -0.25) is 14.4 Å². The van der Waals surface area contributed by atoms with Crippen LogP contribution in [0.25, 0.3) is 11.1 Å². The van der Waals surface area contributed by atoms with Crippen molar-refractivity contribution in [3.63, 3.8) is 0 Å². The first kappa shape index (κ1) is 23.7. The molecule has 0 saturated heterocycles. The molecule has 3 aromatic carbocycles. The van der Waals surface area contributed by atoms with Crippen LogP contribution in [-0.2, 0) is 27.2 Å². The van der Waals surface area contributed by atoms with Crippen LogP contribution >= 0.6 is 0 Å². The summed E-state index contributed by atoms with van der Waals surface area (Å²) >= 11 is 0. The molecule has 0 radical (unpaired) electrons. The number of rotatable bonds is 9. The van der Waals surface area contributed by atoms with Gasteiger partial charge in [-0.05, 0) is 28.3 Å². The Balaban J connectivity index is 1.71. The standard InChI is InChI=1S/C26H26FN3O3/c1-17(31)29-24(16-21-9-5-6-10-22(21)27)26(33)30-23(25(28)32)15-18-11-13-20(14-12-18)19-7-3-2-4-8-19/h2-14,23-24H,15-16H2,1H3,(H2,28,32)(H,29,31)(H,30,33)/t23-,24-/m0/s1. The molecular formula is C26H26FN3O3. The number of nitrogens with two attached hydrogens (primary N) is 1. The molecule has 0 aromatic heterocycles. The summed E-state index contributed by atoms with van der Waals surface area (Å²) in [5, 5.41) is 5.13. The van der Waals surface area contributed by atoms with E-state index in [1.807, 2.05) is 54.6 Å². The molecule has 0 fully saturated rings. The molecule has 4 N–H and O–H groups in total. The summed E-state index contributed by atoms with van der Waals surface area (Å²) in [4.78, 5) is 36.5. The van der Waals surface area contributed by atoms with Gasteiger partial charge in [-0.15, -0.1) is 0 Å². The summed E-state index contributed by atoms with van der Waals surface area (Å²) in [5.41, 5.74) is 8.70. The normalized spacial score (nSPS) is 12.4. The molecule has 7 heteroatoms. The Morgan fingerprint density at radius 1 is 0.788 bits per heavy atom. The fraction of sp³-hybridized carbons (Fsp3) is 0.192. The maximum Gasteiger partial charge on any atom is 0.243 e. The van der Waals surface area contributed by atoms with E-state index in [-0.39, 0.29) is 18.4 Å². The minimum Gasteiger partial charge on any atom is -0.368 e. The predicted octanol–water partition coefficient (Wildman–Crippen LogP) is 2.75. The Labute approximate surface area is 192 Å². The number of nitrogens with one attached hydrogen (secondary N) is 2. The largest absolute Gasteiger partial charge is 0.368 e. The quantitative estimate of drug-likeness (QED) is 0.470. The fourth-order valence-corrected chi connectivity index (χ4v) is 3.53. The Morgan fingerprint density at radius 2 is 1.39 bits per heavy atom. The van der Waals surface area contributed by atoms with Crippen molar-refractivity contribution in [2.45, 2.75) is 31.8 Å². The first-order valence-corrected chi connectivity index (χ1v) is 10.6. The summed E-state index contributed by atoms with van der Waals surface area (Å²) in [5.74, 6) is -2.25. The van der Waals surface area contributed by atoms with Crippen molar-refractivity contribution >= 4 is 17.7 Å². The van der Waals surface area contributed by atoms with E-state index in [2.05, 4.69) is 10.6 Å². The van der Waals surface area contributed by atoms with Crippen LogP contribution in [0.3, 0.4) is 0 Å². The third kappa shape index (κ3) is 6.74. The molecular weight excluding hydrogens is 421 g/mol. The molecule has 170 valence electrons. The zero-order chi connectivity index (χ0) is 23.8. The highest BCUT2D eigenvalue weighted by molar-refractivity contribution is 5.91. The summed E-state index contributed by atoms with van der Waals surface area (Å²) in [7, 11) is 0. The van der Waals surface area contributed by atoms with E-state index in [9.17, 15) is 18.8 Å². The minimum atomic E-state index is -1.05. The van der Waals surface area contributed by atoms with Gasteiger partial charge in [0.2, 0.25) is 17.7 Å². The first-order chi connectivity index (χ1) is 15.8. The highest BCUT2D eigenvalue weighted by Crippen LogP contribution is 2.20. The van der Waals surface area contributed by atoms with Gasteiger partial charge in [-0.1, -0.05) is 72.8 Å². The highest BCUT2D eigenvalue weighted by atomic mass is 19.1. The summed E-state index contributed by atoms with van der Waals surface area (Å²) in [6, 6.07) is 21.4. The lowest BCUT2D eigenvalue weighted by Crippen LogP contribution is -2.54. The van der Waals surface area contributed by atoms with E-state index in [0.717, 1.165) is 16.7 Å². The van der Waals surface area contributed by atoms with Crippen molar-refractivity contribution in [3.8, 4) is 11.1 Å². The molecule has 2 atom stereocenters. The zero-order valence-corrected chi connectivity index (χ0v) is 18.3. The third-order valence-corrected chi connectivity index (χ3v) is 5.24. The van der Waals surface area contributed by atoms with Crippen molar-refractivity contribution < 1.29 is 18.8 Å². The molecule has 0 saturated carbocycles. The molecule has 0 aliphatic heterocycles. The number of amides is 3. The van der Waals surface area contributed by atoms with Crippen molar-refractivity contribution in [2.75, 3.05) is 0 Å². The lowest BCUT2D eigenvalue weighted by atomic mass is 9.99. The van der Waals surface area contributed by atoms with Crippen LogP contribution in [0, 0.1) is 5.82 Å². The van der Waals surface area contributed by atoms with Crippen LogP contribution in [0.4, 0.5) is 4.39 Å². The molecule has 0 spiro atoms. The van der Waals surface area contributed by atoms with Crippen LogP contribution < -0.4 is 16.4 Å². The Morgan fingerprint density at radius 3 is 2.00 bits per heavy atom. The number of halogens is 1. The average Bonchev–Trinajstić information content (AvgIpc) is 2.80. The van der Waals surface area contributed by atoms with Gasteiger partial charge in [0.05, 0.1) is 0 Å². The number of hydrogen-bond donors (Lipinski definition) is 3. The summed E-state index contributed by atoms with van der Waals surface area (Å²) in [6.45, 7) is 1.27. The van der Waals surface area contributed by atoms with Crippen LogP contribution in [-0.4, -0.2) is 29.8 Å². The van der Waals surface area contributed by atoms with E-state index in [4.69, 9.17) is 5.73 Å². The van der Waals surface area contributed by atoms with Crippen molar-refractivity contribution in [1.82, 2.24) is 10.6 Å². The van der Waals surface area contributed by atoms with Gasteiger partial charge < -0.3 is 16.4 Å². The van der Waals surface area contributed by atoms with E-state index >= 15 is 0 Å². The lowest BCUT2D eigenvalue weighted by Gasteiger charge is -2.22. The van der Waals surface area contributed by atoms with E-state index in [0.29, 0.717) is 0 Å². The average molecular weight is 448 g/mol. The van der Waals surface area contributed by atoms with Crippen LogP contribution in [0.2, 0.25) is 0 Å². The van der Waals surface area contributed by atoms with E-state index < -0.39 is 35.6 Å². The van der Waals surface area contributed by atoms with Crippen LogP contribution in [0.1, 0.15) is 18.1 Å². The smallest absolute Gasteiger partial charge is 0.243 e. The van der Waals surface area contributed by atoms with Gasteiger partial charge in [-0.25, -0.2) is 4.39 Å². The molecule has 33 heavy (non-hydrogen) atoms. The molecule has 0 bridgehead atoms. The summed E-state index contributed by atoms with van der Waals surface area (Å²) < 4.78 is 14.1. The number of benzene rings is 3. The molecule has 3 rings (SSSR count). The third-order valence-electron chi connectivity index (χ3n) is 5.24. The van der Waals surface area contributed by atoms with Gasteiger partial charge in [0, 0.05) is 19.8 Å². The van der Waals surface area contributed by atoms with Crippen LogP contribution in [0.5, 0.6) is 0 Å². The second-order valence-electron chi connectivity index (χ2n) is 7.78. The Bertz CT molecular complexity index is 1120. The lowest BCUT2D eigenvalue weighted by molar-refractivity contribution is -0.130. The van der Waals surface area contributed by atoms with Gasteiger partial charge in [0.15, 0.2) is 0 Å². The van der Waals surface area contributed by atoms with Gasteiger partial charge in [-0.2, -0.15) is 0 Å². The second kappa shape index (κ2) is 11.0. The molecule has 3 amide bonds. The molecule has 0 unspecified atom stereocenters. The summed E-state index contributed by atoms with van der Waals surface area (Å²) in [6.07, 6.45) is 0.123. The van der Waals surface area contributed by atoms with Gasteiger partial charge in [0.25, 0.3) is 0 Å². The van der Waals surface area contributed by atoms with Gasteiger partial charge >= 0.3 is 0 Å². The number of primary amides is 1. The van der Waals surface area contributed by atoms with Gasteiger partial charge in [0.1, 0.15) is 17.9 Å². The number of carbonyl (C=O) groups excluding carboxylic acids is 3. The maximum atomic E-state index is 14.1. The molecule has 0 heterocycles. The van der Waals surface area contributed by atoms with Crippen molar-refractivity contribution in [3.05, 3.63) is 95.8 Å². The zero-order valence-electron chi connectivity index (χ0n) is 18.3. The fourth-order valence-electron chi connectivity index (χ4n) is 3.53. The topological polar surface area (TPSA) is 101 Å². The molecule has 0 aliphatic rings. The van der Waals surface area contributed by atoms with Crippen LogP contribution in [0.15, 0.2) is 78.9 Å². The molecule has 3 aromatic rings. The number of carbonyl (C=O) groups is 3. The predicted molar refractivity (Wildman–Crippen MR) is 124 cm³/mol. The van der Waals surface area contributed by atoms with Crippen molar-refractivity contribution in [1.29, 1.82) is 0 Å². The minimum absolute atomic E-state index is 0.0602. The van der Waals surface area contributed by atoms with E-state index in [1.165, 1.54) is 19.1 Å². The Kier molecular flexibility index (Phi) is 7.91. The number of hydrogen-bond acceptors (Lipinski definition) is 3.